The van der Waals surface area contributed by atoms with Gasteiger partial charge in [0.25, 0.3) is 0 Å². The summed E-state index contributed by atoms with van der Waals surface area (Å²) in [4.78, 5) is 16.6. The molecule has 2 saturated carbocycles. The number of pyridine rings is 1. The summed E-state index contributed by atoms with van der Waals surface area (Å²) in [6, 6.07) is 3.74. The van der Waals surface area contributed by atoms with E-state index in [0.717, 1.165) is 44.3 Å². The fraction of sp³-hybridized carbons (Fsp3) is 0.588. The third-order valence-electron chi connectivity index (χ3n) is 5.02. The number of aromatic nitrogens is 3. The molecule has 0 radical (unpaired) electrons. The average molecular weight is 330 g/mol. The molecule has 2 aliphatic rings. The van der Waals surface area contributed by atoms with E-state index in [1.54, 1.807) is 11.6 Å². The molecule has 0 bridgehead atoms. The fourth-order valence-corrected chi connectivity index (χ4v) is 3.34. The Morgan fingerprint density at radius 2 is 2.21 bits per heavy atom. The summed E-state index contributed by atoms with van der Waals surface area (Å²) in [5, 5.41) is 7.47. The van der Waals surface area contributed by atoms with Crippen LogP contribution >= 0.6 is 0 Å². The highest BCUT2D eigenvalue weighted by atomic mass is 16.6. The molecule has 128 valence electrons. The third kappa shape index (κ3) is 2.79. The fourth-order valence-electron chi connectivity index (χ4n) is 3.34. The first kappa shape index (κ1) is 15.2. The Hall–Kier alpha value is -2.31. The van der Waals surface area contributed by atoms with Crippen LogP contribution in [-0.4, -0.2) is 40.4 Å². The van der Waals surface area contributed by atoms with E-state index >= 15 is 0 Å². The predicted octanol–water partition coefficient (Wildman–Crippen LogP) is 2.44. The molecule has 4 rings (SSSR count). The van der Waals surface area contributed by atoms with E-state index in [1.807, 2.05) is 18.3 Å². The van der Waals surface area contributed by atoms with Gasteiger partial charge in [-0.3, -0.25) is 0 Å². The average Bonchev–Trinajstić information content (AvgIpc) is 2.99. The quantitative estimate of drug-likeness (QED) is 0.911. The van der Waals surface area contributed by atoms with Gasteiger partial charge in [0.2, 0.25) is 0 Å². The number of carbonyl (C=O) groups excluding carboxylic acids is 1. The van der Waals surface area contributed by atoms with E-state index in [1.165, 1.54) is 0 Å². The Balaban J connectivity index is 1.44. The van der Waals surface area contributed by atoms with E-state index in [9.17, 15) is 4.79 Å². The minimum absolute atomic E-state index is 0.0812. The number of methoxy groups -OCH3 is 1. The van der Waals surface area contributed by atoms with Crippen molar-refractivity contribution in [1.82, 2.24) is 19.9 Å². The van der Waals surface area contributed by atoms with Gasteiger partial charge in [0.1, 0.15) is 6.10 Å². The molecule has 2 aromatic heterocycles. The first-order chi connectivity index (χ1) is 11.7. The summed E-state index contributed by atoms with van der Waals surface area (Å²) in [5.41, 5.74) is 0.529. The molecule has 7 nitrogen and oxygen atoms in total. The first-order valence-corrected chi connectivity index (χ1v) is 8.55. The van der Waals surface area contributed by atoms with Crippen molar-refractivity contribution in [1.29, 1.82) is 0 Å². The van der Waals surface area contributed by atoms with Gasteiger partial charge in [-0.2, -0.15) is 5.10 Å². The van der Waals surface area contributed by atoms with Crippen molar-refractivity contribution in [2.45, 2.75) is 50.0 Å². The molecule has 1 N–H and O–H groups in total. The zero-order valence-corrected chi connectivity index (χ0v) is 13.8. The van der Waals surface area contributed by atoms with Crippen molar-refractivity contribution in [2.75, 3.05) is 13.7 Å². The van der Waals surface area contributed by atoms with Crippen molar-refractivity contribution in [2.24, 2.45) is 0 Å². The summed E-state index contributed by atoms with van der Waals surface area (Å²) < 4.78 is 12.5. The lowest BCUT2D eigenvalue weighted by molar-refractivity contribution is 0.100. The van der Waals surface area contributed by atoms with Crippen LogP contribution in [0.1, 0.15) is 44.3 Å². The number of rotatable bonds is 5. The van der Waals surface area contributed by atoms with Crippen molar-refractivity contribution < 1.29 is 14.3 Å². The minimum atomic E-state index is -0.325. The molecule has 2 fully saturated rings. The van der Waals surface area contributed by atoms with Crippen LogP contribution in [0.3, 0.4) is 0 Å². The number of hydrogen-bond acceptors (Lipinski definition) is 5. The van der Waals surface area contributed by atoms with Gasteiger partial charge in [0, 0.05) is 18.2 Å². The van der Waals surface area contributed by atoms with Crippen LogP contribution in [0, 0.1) is 0 Å². The number of nitrogens with one attached hydrogen (secondary N) is 1. The predicted molar refractivity (Wildman–Crippen MR) is 87.2 cm³/mol. The number of ether oxygens (including phenoxy) is 2. The van der Waals surface area contributed by atoms with E-state index in [2.05, 4.69) is 15.4 Å². The molecule has 24 heavy (non-hydrogen) atoms. The molecular weight excluding hydrogens is 308 g/mol. The van der Waals surface area contributed by atoms with E-state index in [-0.39, 0.29) is 17.6 Å². The second kappa shape index (κ2) is 5.96. The van der Waals surface area contributed by atoms with Gasteiger partial charge in [-0.15, -0.1) is 0 Å². The van der Waals surface area contributed by atoms with Crippen molar-refractivity contribution in [3.63, 3.8) is 0 Å². The molecule has 1 amide bonds. The second-order valence-corrected chi connectivity index (χ2v) is 6.73. The molecular formula is C17H22N4O3. The molecule has 0 spiro atoms. The number of amides is 1. The smallest absolute Gasteiger partial charge is 0.407 e. The van der Waals surface area contributed by atoms with Gasteiger partial charge >= 0.3 is 6.09 Å². The number of alkyl carbamates (subject to hydrolysis) is 1. The molecule has 0 aromatic carbocycles. The van der Waals surface area contributed by atoms with Crippen molar-refractivity contribution in [3.05, 3.63) is 24.2 Å². The maximum Gasteiger partial charge on any atom is 0.407 e. The maximum atomic E-state index is 12.0. The lowest BCUT2D eigenvalue weighted by Crippen LogP contribution is -2.35. The Morgan fingerprint density at radius 3 is 2.92 bits per heavy atom. The topological polar surface area (TPSA) is 77.8 Å². The molecule has 0 atom stereocenters. The molecule has 2 aromatic rings. The highest BCUT2D eigenvalue weighted by Crippen LogP contribution is 2.46. The summed E-state index contributed by atoms with van der Waals surface area (Å²) >= 11 is 0. The summed E-state index contributed by atoms with van der Waals surface area (Å²) in [6.45, 7) is 0.512. The summed E-state index contributed by atoms with van der Waals surface area (Å²) in [7, 11) is 1.62. The Bertz CT molecular complexity index is 747. The minimum Gasteiger partial charge on any atom is -0.493 e. The summed E-state index contributed by atoms with van der Waals surface area (Å²) in [6.07, 6.45) is 7.80. The number of carbonyl (C=O) groups is 1. The highest BCUT2D eigenvalue weighted by Gasteiger charge is 2.48. The zero-order chi connectivity index (χ0) is 16.6. The monoisotopic (exact) mass is 330 g/mol. The van der Waals surface area contributed by atoms with Crippen molar-refractivity contribution in [3.8, 4) is 5.75 Å². The Morgan fingerprint density at radius 1 is 1.42 bits per heavy atom. The standard InChI is InChI=1S/C17H22N4O3/c1-23-13-7-4-10-21-14(13)19-15(20-21)17(8-9-17)11-18-16(22)24-12-5-2-3-6-12/h4,7,10,12H,2-3,5-6,8-9,11H2,1H3,(H,18,22). The van der Waals surface area contributed by atoms with Gasteiger partial charge in [0.15, 0.2) is 17.2 Å². The first-order valence-electron chi connectivity index (χ1n) is 8.55. The SMILES string of the molecule is COc1cccn2nc(C3(CNC(=O)OC4CCCC4)CC3)nc12. The molecule has 2 aliphatic carbocycles. The number of hydrogen-bond donors (Lipinski definition) is 1. The van der Waals surface area contributed by atoms with E-state index < -0.39 is 0 Å². The lowest BCUT2D eigenvalue weighted by Gasteiger charge is -2.15. The van der Waals surface area contributed by atoms with Crippen LogP contribution in [0.2, 0.25) is 0 Å². The summed E-state index contributed by atoms with van der Waals surface area (Å²) in [5.74, 6) is 1.45. The van der Waals surface area contributed by atoms with Gasteiger partial charge in [-0.1, -0.05) is 0 Å². The van der Waals surface area contributed by atoms with Gasteiger partial charge in [0.05, 0.1) is 7.11 Å². The molecule has 0 saturated heterocycles. The van der Waals surface area contributed by atoms with Gasteiger partial charge in [-0.05, 0) is 50.7 Å². The zero-order valence-electron chi connectivity index (χ0n) is 13.8. The Labute approximate surface area is 140 Å². The molecule has 7 heteroatoms. The molecule has 2 heterocycles. The largest absolute Gasteiger partial charge is 0.493 e. The van der Waals surface area contributed by atoms with E-state index in [4.69, 9.17) is 9.47 Å². The third-order valence-corrected chi connectivity index (χ3v) is 5.02. The van der Waals surface area contributed by atoms with Gasteiger partial charge in [-0.25, -0.2) is 14.3 Å². The van der Waals surface area contributed by atoms with Crippen LogP contribution in [0.15, 0.2) is 18.3 Å². The van der Waals surface area contributed by atoms with Crippen LogP contribution < -0.4 is 10.1 Å². The maximum absolute atomic E-state index is 12.0. The van der Waals surface area contributed by atoms with Crippen LogP contribution in [-0.2, 0) is 10.2 Å². The second-order valence-electron chi connectivity index (χ2n) is 6.73. The van der Waals surface area contributed by atoms with Gasteiger partial charge < -0.3 is 14.8 Å². The van der Waals surface area contributed by atoms with Crippen molar-refractivity contribution >= 4 is 11.7 Å². The number of nitrogens with zero attached hydrogens (tertiary/aromatic N) is 3. The number of fused-ring (bicyclic) bond motifs is 1. The highest BCUT2D eigenvalue weighted by molar-refractivity contribution is 5.67. The normalized spacial score (nSPS) is 19.4. The lowest BCUT2D eigenvalue weighted by atomic mass is 10.1. The molecule has 0 unspecified atom stereocenters. The Kier molecular flexibility index (Phi) is 3.78. The van der Waals surface area contributed by atoms with Crippen LogP contribution in [0.4, 0.5) is 4.79 Å². The molecule has 0 aliphatic heterocycles. The van der Waals surface area contributed by atoms with Crippen LogP contribution in [0.5, 0.6) is 5.75 Å². The van der Waals surface area contributed by atoms with E-state index in [0.29, 0.717) is 17.9 Å². The van der Waals surface area contributed by atoms with Crippen LogP contribution in [0.25, 0.3) is 5.65 Å².